The summed E-state index contributed by atoms with van der Waals surface area (Å²) in [5.41, 5.74) is 0.410. The Balaban J connectivity index is 2.06. The van der Waals surface area contributed by atoms with Crippen molar-refractivity contribution in [2.75, 3.05) is 6.61 Å². The van der Waals surface area contributed by atoms with Crippen LogP contribution in [0.1, 0.15) is 16.2 Å². The summed E-state index contributed by atoms with van der Waals surface area (Å²) in [6, 6.07) is 5.76. The molecule has 0 saturated heterocycles. The minimum absolute atomic E-state index is 0.0344. The lowest BCUT2D eigenvalue weighted by Gasteiger charge is -2.04. The van der Waals surface area contributed by atoms with Crippen molar-refractivity contribution in [1.82, 2.24) is 10.1 Å². The first kappa shape index (κ1) is 15.0. The third-order valence-corrected chi connectivity index (χ3v) is 2.33. The standard InChI is InChI=1S/C12H9F3N2O4/c13-12(14,15)6-20-5-9-16-10(17-21-9)7-2-1-3-8(4-7)11(18)19/h1-4H,5-6H2,(H,18,19). The van der Waals surface area contributed by atoms with Gasteiger partial charge in [-0.25, -0.2) is 4.79 Å². The molecule has 112 valence electrons. The molecule has 6 nitrogen and oxygen atoms in total. The van der Waals surface area contributed by atoms with Crippen LogP contribution in [-0.4, -0.2) is 34.0 Å². The Morgan fingerprint density at radius 3 is 2.81 bits per heavy atom. The van der Waals surface area contributed by atoms with Gasteiger partial charge >= 0.3 is 12.1 Å². The molecule has 0 atom stereocenters. The Morgan fingerprint density at radius 2 is 2.14 bits per heavy atom. The molecule has 2 rings (SSSR count). The number of carboxylic acid groups (broad SMARTS) is 1. The lowest BCUT2D eigenvalue weighted by molar-refractivity contribution is -0.178. The second-order valence-corrected chi connectivity index (χ2v) is 4.01. The molecule has 0 aliphatic rings. The molecular formula is C12H9F3N2O4. The van der Waals surface area contributed by atoms with E-state index in [2.05, 4.69) is 14.9 Å². The zero-order valence-corrected chi connectivity index (χ0v) is 10.4. The fourth-order valence-corrected chi connectivity index (χ4v) is 1.48. The Morgan fingerprint density at radius 1 is 1.38 bits per heavy atom. The van der Waals surface area contributed by atoms with Crippen LogP contribution in [-0.2, 0) is 11.3 Å². The molecule has 1 aromatic heterocycles. The number of alkyl halides is 3. The van der Waals surface area contributed by atoms with Gasteiger partial charge in [0.05, 0.1) is 5.56 Å². The molecule has 21 heavy (non-hydrogen) atoms. The van der Waals surface area contributed by atoms with Crippen LogP contribution in [0.4, 0.5) is 13.2 Å². The molecule has 0 amide bonds. The highest BCUT2D eigenvalue weighted by atomic mass is 19.4. The van der Waals surface area contributed by atoms with E-state index in [1.807, 2.05) is 0 Å². The van der Waals surface area contributed by atoms with E-state index in [0.29, 0.717) is 5.56 Å². The van der Waals surface area contributed by atoms with Crippen molar-refractivity contribution < 1.29 is 32.3 Å². The van der Waals surface area contributed by atoms with E-state index < -0.39 is 25.4 Å². The first-order valence-electron chi connectivity index (χ1n) is 5.66. The number of nitrogens with zero attached hydrogens (tertiary/aromatic N) is 2. The number of hydrogen-bond donors (Lipinski definition) is 1. The fourth-order valence-electron chi connectivity index (χ4n) is 1.48. The zero-order valence-electron chi connectivity index (χ0n) is 10.4. The molecule has 0 bridgehead atoms. The van der Waals surface area contributed by atoms with Gasteiger partial charge in [-0.3, -0.25) is 0 Å². The van der Waals surface area contributed by atoms with Gasteiger partial charge in [-0.1, -0.05) is 17.3 Å². The quantitative estimate of drug-likeness (QED) is 0.913. The third kappa shape index (κ3) is 4.28. The largest absolute Gasteiger partial charge is 0.478 e. The zero-order chi connectivity index (χ0) is 15.5. The Bertz CT molecular complexity index is 639. The van der Waals surface area contributed by atoms with E-state index in [9.17, 15) is 18.0 Å². The molecule has 2 aromatic rings. The molecule has 0 fully saturated rings. The molecule has 0 aliphatic carbocycles. The number of aromatic carboxylic acids is 1. The molecular weight excluding hydrogens is 293 g/mol. The van der Waals surface area contributed by atoms with Crippen molar-refractivity contribution in [2.45, 2.75) is 12.8 Å². The fraction of sp³-hybridized carbons (Fsp3) is 0.250. The van der Waals surface area contributed by atoms with Crippen LogP contribution in [0.25, 0.3) is 11.4 Å². The van der Waals surface area contributed by atoms with E-state index in [4.69, 9.17) is 9.63 Å². The van der Waals surface area contributed by atoms with Gasteiger partial charge in [0.15, 0.2) is 0 Å². The number of carbonyl (C=O) groups is 1. The maximum absolute atomic E-state index is 11.9. The monoisotopic (exact) mass is 302 g/mol. The van der Waals surface area contributed by atoms with Crippen LogP contribution >= 0.6 is 0 Å². The van der Waals surface area contributed by atoms with Crippen LogP contribution in [0, 0.1) is 0 Å². The number of carboxylic acids is 1. The summed E-state index contributed by atoms with van der Waals surface area (Å²) >= 11 is 0. The maximum atomic E-state index is 11.9. The van der Waals surface area contributed by atoms with Gasteiger partial charge in [-0.05, 0) is 12.1 Å². The SMILES string of the molecule is O=C(O)c1cccc(-c2noc(COCC(F)(F)F)n2)c1. The second kappa shape index (κ2) is 5.92. The van der Waals surface area contributed by atoms with Gasteiger partial charge in [0, 0.05) is 5.56 Å². The van der Waals surface area contributed by atoms with Crippen molar-refractivity contribution in [1.29, 1.82) is 0 Å². The van der Waals surface area contributed by atoms with Crippen LogP contribution < -0.4 is 0 Å². The average molecular weight is 302 g/mol. The summed E-state index contributed by atoms with van der Waals surface area (Å²) in [6.45, 7) is -1.90. The molecule has 0 unspecified atom stereocenters. The van der Waals surface area contributed by atoms with E-state index in [1.165, 1.54) is 18.2 Å². The summed E-state index contributed by atoms with van der Waals surface area (Å²) in [6.07, 6.45) is -4.43. The van der Waals surface area contributed by atoms with Crippen LogP contribution in [0.3, 0.4) is 0 Å². The first-order chi connectivity index (χ1) is 9.85. The normalized spacial score (nSPS) is 11.6. The maximum Gasteiger partial charge on any atom is 0.411 e. The first-order valence-corrected chi connectivity index (χ1v) is 5.66. The van der Waals surface area contributed by atoms with Gasteiger partial charge in [0.1, 0.15) is 13.2 Å². The van der Waals surface area contributed by atoms with Crippen LogP contribution in [0.2, 0.25) is 0 Å². The molecule has 9 heteroatoms. The number of rotatable bonds is 5. The highest BCUT2D eigenvalue weighted by molar-refractivity contribution is 5.89. The molecule has 0 aliphatic heterocycles. The van der Waals surface area contributed by atoms with Crippen molar-refractivity contribution in [3.8, 4) is 11.4 Å². The highest BCUT2D eigenvalue weighted by Gasteiger charge is 2.27. The smallest absolute Gasteiger partial charge is 0.411 e. The summed E-state index contributed by atoms with van der Waals surface area (Å²) in [5.74, 6) is -1.17. The summed E-state index contributed by atoms with van der Waals surface area (Å²) in [4.78, 5) is 14.7. The lowest BCUT2D eigenvalue weighted by Crippen LogP contribution is -2.16. The van der Waals surface area contributed by atoms with Crippen molar-refractivity contribution in [2.24, 2.45) is 0 Å². The molecule has 0 radical (unpaired) electrons. The molecule has 1 heterocycles. The van der Waals surface area contributed by atoms with Crippen molar-refractivity contribution in [3.63, 3.8) is 0 Å². The summed E-state index contributed by atoms with van der Waals surface area (Å²) in [5, 5.41) is 12.4. The Kier molecular flexibility index (Phi) is 4.22. The van der Waals surface area contributed by atoms with Crippen molar-refractivity contribution in [3.05, 3.63) is 35.7 Å². The van der Waals surface area contributed by atoms with Gasteiger partial charge in [0.2, 0.25) is 5.82 Å². The molecule has 0 saturated carbocycles. The van der Waals surface area contributed by atoms with E-state index in [-0.39, 0.29) is 17.3 Å². The number of halogens is 3. The number of aromatic nitrogens is 2. The minimum Gasteiger partial charge on any atom is -0.478 e. The average Bonchev–Trinajstić information content (AvgIpc) is 2.86. The summed E-state index contributed by atoms with van der Waals surface area (Å²) in [7, 11) is 0. The molecule has 1 N–H and O–H groups in total. The van der Waals surface area contributed by atoms with Gasteiger partial charge in [-0.2, -0.15) is 18.2 Å². The second-order valence-electron chi connectivity index (χ2n) is 4.01. The van der Waals surface area contributed by atoms with E-state index in [0.717, 1.165) is 0 Å². The Hall–Kier alpha value is -2.42. The van der Waals surface area contributed by atoms with E-state index >= 15 is 0 Å². The van der Waals surface area contributed by atoms with E-state index in [1.54, 1.807) is 6.07 Å². The number of ether oxygens (including phenoxy) is 1. The van der Waals surface area contributed by atoms with Crippen molar-refractivity contribution >= 4 is 5.97 Å². The number of hydrogen-bond acceptors (Lipinski definition) is 5. The Labute approximate surface area is 116 Å². The topological polar surface area (TPSA) is 85.5 Å². The van der Waals surface area contributed by atoms with Gasteiger partial charge in [0.25, 0.3) is 5.89 Å². The van der Waals surface area contributed by atoms with Gasteiger partial charge in [-0.15, -0.1) is 0 Å². The van der Waals surface area contributed by atoms with Crippen LogP contribution in [0.15, 0.2) is 28.8 Å². The minimum atomic E-state index is -4.43. The van der Waals surface area contributed by atoms with Gasteiger partial charge < -0.3 is 14.4 Å². The molecule has 0 spiro atoms. The predicted octanol–water partition coefficient (Wildman–Crippen LogP) is 2.51. The van der Waals surface area contributed by atoms with Crippen LogP contribution in [0.5, 0.6) is 0 Å². The highest BCUT2D eigenvalue weighted by Crippen LogP contribution is 2.19. The predicted molar refractivity (Wildman–Crippen MR) is 62.4 cm³/mol. The lowest BCUT2D eigenvalue weighted by atomic mass is 10.1. The number of benzene rings is 1. The third-order valence-electron chi connectivity index (χ3n) is 2.33. The summed E-state index contributed by atoms with van der Waals surface area (Å²) < 4.78 is 44.8. The molecule has 1 aromatic carbocycles.